The first-order valence-electron chi connectivity index (χ1n) is 6.88. The van der Waals surface area contributed by atoms with Gasteiger partial charge in [0, 0.05) is 10.6 Å². The molecular formula is C16H16N4S2. The molecule has 0 unspecified atom stereocenters. The van der Waals surface area contributed by atoms with E-state index in [0.29, 0.717) is 0 Å². The van der Waals surface area contributed by atoms with Gasteiger partial charge in [-0.1, -0.05) is 42.1 Å². The van der Waals surface area contributed by atoms with Crippen molar-refractivity contribution in [2.75, 3.05) is 6.26 Å². The van der Waals surface area contributed by atoms with E-state index >= 15 is 0 Å². The lowest BCUT2D eigenvalue weighted by atomic mass is 10.2. The average Bonchev–Trinajstić information content (AvgIpc) is 3.02. The first kappa shape index (κ1) is 15.1. The van der Waals surface area contributed by atoms with Gasteiger partial charge >= 0.3 is 0 Å². The van der Waals surface area contributed by atoms with Crippen LogP contribution >= 0.6 is 23.5 Å². The Morgan fingerprint density at radius 1 is 1.05 bits per heavy atom. The van der Waals surface area contributed by atoms with Gasteiger partial charge in [0.25, 0.3) is 0 Å². The summed E-state index contributed by atoms with van der Waals surface area (Å²) in [5.41, 5.74) is 3.44. The molecule has 4 nitrogen and oxygen atoms in total. The maximum atomic E-state index is 4.14. The summed E-state index contributed by atoms with van der Waals surface area (Å²) < 4.78 is 1.80. The van der Waals surface area contributed by atoms with Crippen LogP contribution in [0.25, 0.3) is 5.69 Å². The van der Waals surface area contributed by atoms with Crippen LogP contribution in [0.4, 0.5) is 0 Å². The van der Waals surface area contributed by atoms with E-state index in [1.807, 2.05) is 18.2 Å². The van der Waals surface area contributed by atoms with Crippen LogP contribution in [0.1, 0.15) is 11.1 Å². The molecule has 0 aliphatic carbocycles. The van der Waals surface area contributed by atoms with E-state index in [1.165, 1.54) is 10.5 Å². The summed E-state index contributed by atoms with van der Waals surface area (Å²) in [5, 5.41) is 12.9. The maximum Gasteiger partial charge on any atom is 0.214 e. The summed E-state index contributed by atoms with van der Waals surface area (Å²) in [6.07, 6.45) is 2.08. The normalized spacial score (nSPS) is 10.8. The SMILES string of the molecule is CSc1ccc(CSc2nnnn2-c2ccccc2C)cc1. The molecule has 0 N–H and O–H groups in total. The number of hydrogen-bond donors (Lipinski definition) is 0. The highest BCUT2D eigenvalue weighted by Gasteiger charge is 2.10. The highest BCUT2D eigenvalue weighted by Crippen LogP contribution is 2.24. The maximum absolute atomic E-state index is 4.14. The molecule has 0 atom stereocenters. The second kappa shape index (κ2) is 6.98. The van der Waals surface area contributed by atoms with Gasteiger partial charge in [-0.25, -0.2) is 0 Å². The van der Waals surface area contributed by atoms with Crippen LogP contribution in [0.3, 0.4) is 0 Å². The first-order chi connectivity index (χ1) is 10.8. The second-order valence-corrected chi connectivity index (χ2v) is 6.62. The Morgan fingerprint density at radius 2 is 1.82 bits per heavy atom. The van der Waals surface area contributed by atoms with Gasteiger partial charge in [0.05, 0.1) is 5.69 Å². The number of benzene rings is 2. The number of para-hydroxylation sites is 1. The Labute approximate surface area is 138 Å². The molecule has 0 spiro atoms. The lowest BCUT2D eigenvalue weighted by Crippen LogP contribution is -2.01. The van der Waals surface area contributed by atoms with Gasteiger partial charge in [0.1, 0.15) is 0 Å². The smallest absolute Gasteiger partial charge is 0.187 e. The monoisotopic (exact) mass is 328 g/mol. The molecule has 0 saturated carbocycles. The summed E-state index contributed by atoms with van der Waals surface area (Å²) in [6.45, 7) is 2.06. The second-order valence-electron chi connectivity index (χ2n) is 4.80. The van der Waals surface area contributed by atoms with E-state index in [1.54, 1.807) is 28.2 Å². The quantitative estimate of drug-likeness (QED) is 0.663. The molecule has 0 radical (unpaired) electrons. The number of aromatic nitrogens is 4. The highest BCUT2D eigenvalue weighted by atomic mass is 32.2. The van der Waals surface area contributed by atoms with Crippen molar-refractivity contribution in [3.05, 3.63) is 59.7 Å². The number of tetrazole rings is 1. The van der Waals surface area contributed by atoms with Gasteiger partial charge in [0.2, 0.25) is 5.16 Å². The molecule has 0 bridgehead atoms. The van der Waals surface area contributed by atoms with E-state index in [-0.39, 0.29) is 0 Å². The lowest BCUT2D eigenvalue weighted by Gasteiger charge is -2.07. The summed E-state index contributed by atoms with van der Waals surface area (Å²) >= 11 is 3.40. The average molecular weight is 328 g/mol. The van der Waals surface area contributed by atoms with Crippen molar-refractivity contribution in [2.24, 2.45) is 0 Å². The topological polar surface area (TPSA) is 43.6 Å². The highest BCUT2D eigenvalue weighted by molar-refractivity contribution is 7.98. The van der Waals surface area contributed by atoms with E-state index in [0.717, 1.165) is 22.2 Å². The zero-order chi connectivity index (χ0) is 15.4. The van der Waals surface area contributed by atoms with Crippen molar-refractivity contribution in [2.45, 2.75) is 22.7 Å². The molecule has 3 rings (SSSR count). The van der Waals surface area contributed by atoms with Gasteiger partial charge < -0.3 is 0 Å². The van der Waals surface area contributed by atoms with Crippen LogP contribution in [-0.4, -0.2) is 26.5 Å². The lowest BCUT2D eigenvalue weighted by molar-refractivity contribution is 0.752. The largest absolute Gasteiger partial charge is 0.214 e. The molecule has 0 fully saturated rings. The number of nitrogens with zero attached hydrogens (tertiary/aromatic N) is 4. The van der Waals surface area contributed by atoms with Crippen molar-refractivity contribution in [3.8, 4) is 5.69 Å². The van der Waals surface area contributed by atoms with Gasteiger partial charge in [-0.15, -0.1) is 16.9 Å². The van der Waals surface area contributed by atoms with E-state index in [2.05, 4.69) is 59.0 Å². The zero-order valence-electron chi connectivity index (χ0n) is 12.4. The minimum absolute atomic E-state index is 0.809. The molecule has 0 aliphatic rings. The van der Waals surface area contributed by atoms with Gasteiger partial charge in [0.15, 0.2) is 0 Å². The molecule has 0 saturated heterocycles. The summed E-state index contributed by atoms with van der Waals surface area (Å²) in [6, 6.07) is 16.7. The first-order valence-corrected chi connectivity index (χ1v) is 9.09. The number of rotatable bonds is 5. The van der Waals surface area contributed by atoms with Crippen molar-refractivity contribution < 1.29 is 0 Å². The van der Waals surface area contributed by atoms with Crippen LogP contribution in [0.2, 0.25) is 0 Å². The Hall–Kier alpha value is -1.79. The summed E-state index contributed by atoms with van der Waals surface area (Å²) in [7, 11) is 0. The zero-order valence-corrected chi connectivity index (χ0v) is 14.1. The van der Waals surface area contributed by atoms with E-state index in [4.69, 9.17) is 0 Å². The van der Waals surface area contributed by atoms with Gasteiger partial charge in [-0.2, -0.15) is 4.68 Å². The standard InChI is InChI=1S/C16H16N4S2/c1-12-5-3-4-6-15(12)20-16(17-18-19-20)22-11-13-7-9-14(21-2)10-8-13/h3-10H,11H2,1-2H3. The number of thioether (sulfide) groups is 2. The molecule has 1 aromatic heterocycles. The van der Waals surface area contributed by atoms with Crippen molar-refractivity contribution in [3.63, 3.8) is 0 Å². The Kier molecular flexibility index (Phi) is 4.80. The summed E-state index contributed by atoms with van der Waals surface area (Å²) in [5.74, 6) is 0.848. The molecule has 22 heavy (non-hydrogen) atoms. The number of hydrogen-bond acceptors (Lipinski definition) is 5. The predicted octanol–water partition coefficient (Wildman–Crippen LogP) is 3.98. The fourth-order valence-electron chi connectivity index (χ4n) is 2.09. The van der Waals surface area contributed by atoms with Crippen molar-refractivity contribution >= 4 is 23.5 Å². The minimum atomic E-state index is 0.809. The minimum Gasteiger partial charge on any atom is -0.187 e. The van der Waals surface area contributed by atoms with Crippen molar-refractivity contribution in [1.82, 2.24) is 20.2 Å². The molecule has 2 aromatic carbocycles. The third-order valence-corrected chi connectivity index (χ3v) is 5.05. The molecule has 112 valence electrons. The number of aryl methyl sites for hydroxylation is 1. The van der Waals surface area contributed by atoms with E-state index < -0.39 is 0 Å². The molecule has 0 amide bonds. The van der Waals surface area contributed by atoms with Crippen LogP contribution in [-0.2, 0) is 5.75 Å². The molecule has 1 heterocycles. The fraction of sp³-hybridized carbons (Fsp3) is 0.188. The van der Waals surface area contributed by atoms with E-state index in [9.17, 15) is 0 Å². The molecule has 6 heteroatoms. The Morgan fingerprint density at radius 3 is 2.55 bits per heavy atom. The Bertz CT molecular complexity index is 753. The van der Waals surface area contributed by atoms with Crippen LogP contribution < -0.4 is 0 Å². The molecule has 3 aromatic rings. The van der Waals surface area contributed by atoms with Crippen molar-refractivity contribution in [1.29, 1.82) is 0 Å². The Balaban J connectivity index is 1.76. The third kappa shape index (κ3) is 3.34. The fourth-order valence-corrected chi connectivity index (χ4v) is 3.34. The predicted molar refractivity (Wildman–Crippen MR) is 91.7 cm³/mol. The third-order valence-electron chi connectivity index (χ3n) is 3.31. The molecule has 0 aliphatic heterocycles. The van der Waals surface area contributed by atoms with Crippen LogP contribution in [0.15, 0.2) is 58.6 Å². The van der Waals surface area contributed by atoms with Gasteiger partial charge in [-0.05, 0) is 52.9 Å². The summed E-state index contributed by atoms with van der Waals surface area (Å²) in [4.78, 5) is 1.28. The van der Waals surface area contributed by atoms with Gasteiger partial charge in [-0.3, -0.25) is 0 Å². The van der Waals surface area contributed by atoms with Crippen LogP contribution in [0.5, 0.6) is 0 Å². The molecular weight excluding hydrogens is 312 g/mol. The van der Waals surface area contributed by atoms with Crippen LogP contribution in [0, 0.1) is 6.92 Å².